The monoisotopic (exact) mass is 615 g/mol. The second kappa shape index (κ2) is 11.9. The van der Waals surface area contributed by atoms with Crippen molar-refractivity contribution in [3.05, 3.63) is 78.3 Å². The number of nitrogens with one attached hydrogen (secondary N) is 2. The molecule has 0 aliphatic carbocycles. The van der Waals surface area contributed by atoms with Crippen molar-refractivity contribution < 1.29 is 26.0 Å². The van der Waals surface area contributed by atoms with Crippen LogP contribution in [0.5, 0.6) is 0 Å². The van der Waals surface area contributed by atoms with Gasteiger partial charge in [0.25, 0.3) is 6.43 Å². The molecule has 0 bridgehead atoms. The van der Waals surface area contributed by atoms with Crippen molar-refractivity contribution in [2.45, 2.75) is 19.3 Å². The molecule has 6 rings (SSSR count). The van der Waals surface area contributed by atoms with Crippen LogP contribution in [0.15, 0.2) is 61.1 Å². The van der Waals surface area contributed by atoms with Crippen LogP contribution < -0.4 is 14.9 Å². The van der Waals surface area contributed by atoms with Gasteiger partial charge in [-0.1, -0.05) is 0 Å². The number of nitrogens with zero attached hydrogens (tertiary/aromatic N) is 5. The Morgan fingerprint density at radius 2 is 1.63 bits per heavy atom. The molecule has 2 aliphatic rings. The van der Waals surface area contributed by atoms with Crippen LogP contribution in [0.2, 0.25) is 0 Å². The van der Waals surface area contributed by atoms with Crippen molar-refractivity contribution in [2.24, 2.45) is 0 Å². The molecule has 2 aromatic carbocycles. The van der Waals surface area contributed by atoms with Gasteiger partial charge < -0.3 is 10.2 Å². The first-order chi connectivity index (χ1) is 20.7. The van der Waals surface area contributed by atoms with E-state index in [0.29, 0.717) is 24.1 Å². The third-order valence-electron chi connectivity index (χ3n) is 7.61. The maximum Gasteiger partial charge on any atom is 0.301 e. The van der Waals surface area contributed by atoms with E-state index in [9.17, 15) is 17.2 Å². The van der Waals surface area contributed by atoms with Gasteiger partial charge >= 0.3 is 10.2 Å². The van der Waals surface area contributed by atoms with Gasteiger partial charge in [0.1, 0.15) is 11.4 Å². The number of piperazine rings is 1. The van der Waals surface area contributed by atoms with Gasteiger partial charge in [-0.25, -0.2) is 22.2 Å². The third-order valence-corrected chi connectivity index (χ3v) is 9.13. The van der Waals surface area contributed by atoms with Crippen LogP contribution in [0.1, 0.15) is 24.8 Å². The molecule has 0 atom stereocenters. The Kier molecular flexibility index (Phi) is 8.07. The van der Waals surface area contributed by atoms with Gasteiger partial charge in [0.15, 0.2) is 11.6 Å². The van der Waals surface area contributed by atoms with Crippen molar-refractivity contribution in [1.82, 2.24) is 24.4 Å². The van der Waals surface area contributed by atoms with E-state index < -0.39 is 39.5 Å². The summed E-state index contributed by atoms with van der Waals surface area (Å²) in [6, 6.07) is 9.68. The molecular weight excluding hydrogens is 586 g/mol. The Bertz CT molecular complexity index is 1720. The highest BCUT2D eigenvalue weighted by Crippen LogP contribution is 2.39. The summed E-state index contributed by atoms with van der Waals surface area (Å²) >= 11 is 0. The Labute approximate surface area is 246 Å². The summed E-state index contributed by atoms with van der Waals surface area (Å²) in [5.74, 6) is -1.64. The van der Waals surface area contributed by atoms with Crippen LogP contribution in [0, 0.1) is 11.6 Å². The van der Waals surface area contributed by atoms with E-state index in [1.54, 1.807) is 24.3 Å². The Balaban J connectivity index is 1.47. The predicted octanol–water partition coefficient (Wildman–Crippen LogP) is 4.98. The van der Waals surface area contributed by atoms with Gasteiger partial charge in [-0.2, -0.15) is 17.8 Å². The fourth-order valence-corrected chi connectivity index (χ4v) is 6.69. The van der Waals surface area contributed by atoms with Crippen LogP contribution in [-0.4, -0.2) is 66.8 Å². The van der Waals surface area contributed by atoms with Crippen LogP contribution in [0.25, 0.3) is 28.1 Å². The topological polar surface area (TPSA) is 95.4 Å². The lowest BCUT2D eigenvalue weighted by Crippen LogP contribution is -2.43. The zero-order valence-corrected chi connectivity index (χ0v) is 23.8. The Hall–Kier alpha value is -4.01. The standard InChI is InChI=1S/C29H29F4N7O2S/c30-24-17-21(38-13-9-35-10-14-38)3-4-26(24)40-18-23(28(36-40)19-5-7-34-8-6-19)22-15-20(29(32)33)16-25(27(22)31)37-43(41,42)39-11-1-2-12-39/h3-8,15-18,29,35,37H,1-2,9-14H2. The molecule has 9 nitrogen and oxygen atoms in total. The van der Waals surface area contributed by atoms with Crippen molar-refractivity contribution in [1.29, 1.82) is 0 Å². The highest BCUT2D eigenvalue weighted by molar-refractivity contribution is 7.90. The molecule has 4 aromatic rings. The molecular formula is C29H29F4N7O2S. The van der Waals surface area contributed by atoms with E-state index in [4.69, 9.17) is 0 Å². The summed E-state index contributed by atoms with van der Waals surface area (Å²) in [6.07, 6.45) is 2.60. The van der Waals surface area contributed by atoms with Gasteiger partial charge in [-0.05, 0) is 55.3 Å². The van der Waals surface area contributed by atoms with E-state index in [-0.39, 0.29) is 35.6 Å². The highest BCUT2D eigenvalue weighted by atomic mass is 32.2. The summed E-state index contributed by atoms with van der Waals surface area (Å²) in [4.78, 5) is 6.05. The van der Waals surface area contributed by atoms with E-state index in [1.165, 1.54) is 29.3 Å². The number of alkyl halides is 2. The SMILES string of the molecule is O=S(=O)(Nc1cc(C(F)F)cc(-c2cn(-c3ccc(N4CCNCC4)cc3F)nc2-c2ccncc2)c1F)N1CCCC1. The smallest absolute Gasteiger partial charge is 0.301 e. The Morgan fingerprint density at radius 3 is 2.30 bits per heavy atom. The largest absolute Gasteiger partial charge is 0.369 e. The molecule has 4 heterocycles. The average Bonchev–Trinajstić information content (AvgIpc) is 3.71. The fraction of sp³-hybridized carbons (Fsp3) is 0.310. The number of hydrogen-bond acceptors (Lipinski definition) is 6. The van der Waals surface area contributed by atoms with Crippen LogP contribution in [-0.2, 0) is 10.2 Å². The lowest BCUT2D eigenvalue weighted by Gasteiger charge is -2.29. The summed E-state index contributed by atoms with van der Waals surface area (Å²) in [7, 11) is -4.18. The van der Waals surface area contributed by atoms with Crippen molar-refractivity contribution in [3.8, 4) is 28.1 Å². The molecule has 0 saturated carbocycles. The molecule has 0 radical (unpaired) electrons. The molecule has 2 N–H and O–H groups in total. The minimum absolute atomic E-state index is 0.0680. The van der Waals surface area contributed by atoms with Gasteiger partial charge in [0, 0.05) is 85.8 Å². The third kappa shape index (κ3) is 5.94. The quantitative estimate of drug-likeness (QED) is 0.272. The second-order valence-corrected chi connectivity index (χ2v) is 12.1. The van der Waals surface area contributed by atoms with Crippen LogP contribution in [0.3, 0.4) is 0 Å². The van der Waals surface area contributed by atoms with Crippen LogP contribution >= 0.6 is 0 Å². The highest BCUT2D eigenvalue weighted by Gasteiger charge is 2.29. The number of halogens is 4. The molecule has 2 saturated heterocycles. The first-order valence-corrected chi connectivity index (χ1v) is 15.3. The molecule has 0 amide bonds. The molecule has 2 aromatic heterocycles. The summed E-state index contributed by atoms with van der Waals surface area (Å²) in [5, 5.41) is 7.79. The zero-order chi connectivity index (χ0) is 30.1. The molecule has 2 fully saturated rings. The average molecular weight is 616 g/mol. The molecule has 226 valence electrons. The molecule has 0 unspecified atom stereocenters. The maximum absolute atomic E-state index is 16.1. The number of anilines is 2. The summed E-state index contributed by atoms with van der Waals surface area (Å²) in [5.41, 5.74) is -0.0216. The van der Waals surface area contributed by atoms with E-state index in [2.05, 4.69) is 25.0 Å². The molecule has 2 aliphatic heterocycles. The van der Waals surface area contributed by atoms with Gasteiger partial charge in [0.05, 0.1) is 5.69 Å². The van der Waals surface area contributed by atoms with Gasteiger partial charge in [-0.3, -0.25) is 9.71 Å². The van der Waals surface area contributed by atoms with Crippen molar-refractivity contribution in [3.63, 3.8) is 0 Å². The summed E-state index contributed by atoms with van der Waals surface area (Å²) in [6.45, 7) is 3.49. The number of hydrogen-bond donors (Lipinski definition) is 2. The number of pyridine rings is 1. The number of rotatable bonds is 8. The Morgan fingerprint density at radius 1 is 0.907 bits per heavy atom. The van der Waals surface area contributed by atoms with E-state index >= 15 is 8.78 Å². The zero-order valence-electron chi connectivity index (χ0n) is 23.0. The number of aromatic nitrogens is 3. The first-order valence-electron chi connectivity index (χ1n) is 13.9. The molecule has 14 heteroatoms. The minimum atomic E-state index is -4.18. The summed E-state index contributed by atoms with van der Waals surface area (Å²) < 4.78 is 90.1. The molecule has 0 spiro atoms. The minimum Gasteiger partial charge on any atom is -0.369 e. The van der Waals surface area contributed by atoms with Crippen molar-refractivity contribution in [2.75, 3.05) is 48.9 Å². The van der Waals surface area contributed by atoms with E-state index in [0.717, 1.165) is 42.6 Å². The predicted molar refractivity (Wildman–Crippen MR) is 156 cm³/mol. The van der Waals surface area contributed by atoms with Crippen molar-refractivity contribution >= 4 is 21.6 Å². The lowest BCUT2D eigenvalue weighted by atomic mass is 9.99. The van der Waals surface area contributed by atoms with Gasteiger partial charge in [0.2, 0.25) is 0 Å². The number of benzene rings is 2. The van der Waals surface area contributed by atoms with Crippen LogP contribution in [0.4, 0.5) is 28.9 Å². The molecule has 43 heavy (non-hydrogen) atoms. The van der Waals surface area contributed by atoms with E-state index in [1.807, 2.05) is 0 Å². The van der Waals surface area contributed by atoms with Gasteiger partial charge in [-0.15, -0.1) is 0 Å². The lowest BCUT2D eigenvalue weighted by molar-refractivity contribution is 0.151. The first kappa shape index (κ1) is 29.1. The normalized spacial score (nSPS) is 16.3. The maximum atomic E-state index is 16.1. The second-order valence-electron chi connectivity index (χ2n) is 10.4. The fourth-order valence-electron chi connectivity index (χ4n) is 5.39.